The number of aliphatic hydroxyl groups excluding tert-OH is 1. The Kier molecular flexibility index (Phi) is 7.03. The van der Waals surface area contributed by atoms with Gasteiger partial charge in [0, 0.05) is 24.2 Å². The molecule has 0 aliphatic carbocycles. The van der Waals surface area contributed by atoms with E-state index in [9.17, 15) is 4.79 Å². The molecule has 1 aromatic carbocycles. The van der Waals surface area contributed by atoms with E-state index in [0.29, 0.717) is 12.0 Å². The molecular formula is C21H30BNO4. The molecule has 146 valence electrons. The third-order valence-corrected chi connectivity index (χ3v) is 5.24. The molecule has 0 saturated carbocycles. The van der Waals surface area contributed by atoms with Gasteiger partial charge in [-0.05, 0) is 53.2 Å². The van der Waals surface area contributed by atoms with Crippen LogP contribution in [0.25, 0.3) is 0 Å². The summed E-state index contributed by atoms with van der Waals surface area (Å²) in [6.45, 7) is 10.1. The van der Waals surface area contributed by atoms with Crippen molar-refractivity contribution in [3.05, 3.63) is 59.8 Å². The minimum Gasteiger partial charge on any atom is -0.403 e. The molecule has 1 amide bonds. The smallest absolute Gasteiger partial charge is 0.403 e. The summed E-state index contributed by atoms with van der Waals surface area (Å²) in [6, 6.07) is 9.06. The first-order valence-electron chi connectivity index (χ1n) is 9.33. The van der Waals surface area contributed by atoms with Gasteiger partial charge in [-0.2, -0.15) is 0 Å². The molecule has 1 heterocycles. The van der Waals surface area contributed by atoms with E-state index in [1.807, 2.05) is 65.0 Å². The standard InChI is InChI=1S/C21H30BNO4/c1-16(10-9-15-24)18(22-26-20(2,3)21(4,5)27-22)13-14-23-19(25)17-11-7-6-8-12-17/h6-8,10-14,18,24H,9,15H2,1-5H3,(H,23,25)/b14-13+,16-10+. The van der Waals surface area contributed by atoms with Gasteiger partial charge in [0.05, 0.1) is 11.2 Å². The average molecular weight is 371 g/mol. The molecule has 1 aromatic rings. The maximum atomic E-state index is 12.2. The van der Waals surface area contributed by atoms with Crippen LogP contribution < -0.4 is 5.32 Å². The summed E-state index contributed by atoms with van der Waals surface area (Å²) < 4.78 is 12.4. The molecule has 1 unspecified atom stereocenters. The fourth-order valence-corrected chi connectivity index (χ4v) is 2.82. The van der Waals surface area contributed by atoms with Gasteiger partial charge in [-0.15, -0.1) is 0 Å². The Morgan fingerprint density at radius 1 is 1.19 bits per heavy atom. The van der Waals surface area contributed by atoms with E-state index in [1.165, 1.54) is 0 Å². The summed E-state index contributed by atoms with van der Waals surface area (Å²) in [6.07, 6.45) is 6.05. The van der Waals surface area contributed by atoms with Crippen molar-refractivity contribution < 1.29 is 19.2 Å². The van der Waals surface area contributed by atoms with Crippen LogP contribution in [0.15, 0.2) is 54.3 Å². The van der Waals surface area contributed by atoms with Crippen molar-refractivity contribution in [2.45, 2.75) is 58.1 Å². The second-order valence-corrected chi connectivity index (χ2v) is 7.81. The summed E-state index contributed by atoms with van der Waals surface area (Å²) in [7, 11) is -0.463. The van der Waals surface area contributed by atoms with E-state index in [4.69, 9.17) is 14.4 Å². The summed E-state index contributed by atoms with van der Waals surface area (Å²) in [5.41, 5.74) is 0.748. The van der Waals surface area contributed by atoms with Crippen LogP contribution in [0.4, 0.5) is 0 Å². The Labute approximate surface area is 162 Å². The first-order valence-corrected chi connectivity index (χ1v) is 9.33. The van der Waals surface area contributed by atoms with Gasteiger partial charge in [0.2, 0.25) is 0 Å². The van der Waals surface area contributed by atoms with Crippen LogP contribution in [0.5, 0.6) is 0 Å². The molecule has 1 saturated heterocycles. The maximum Gasteiger partial charge on any atom is 0.469 e. The number of rotatable bonds is 7. The van der Waals surface area contributed by atoms with Crippen LogP contribution >= 0.6 is 0 Å². The molecule has 1 aliphatic rings. The van der Waals surface area contributed by atoms with Crippen molar-refractivity contribution in [3.63, 3.8) is 0 Å². The molecule has 0 radical (unpaired) electrons. The molecule has 0 bridgehead atoms. The van der Waals surface area contributed by atoms with E-state index < -0.39 is 18.3 Å². The van der Waals surface area contributed by atoms with Crippen molar-refractivity contribution in [1.82, 2.24) is 5.32 Å². The van der Waals surface area contributed by atoms with E-state index >= 15 is 0 Å². The van der Waals surface area contributed by atoms with Gasteiger partial charge in [0.25, 0.3) is 5.91 Å². The van der Waals surface area contributed by atoms with Crippen molar-refractivity contribution in [2.24, 2.45) is 0 Å². The lowest BCUT2D eigenvalue weighted by molar-refractivity contribution is 0.00578. The third-order valence-electron chi connectivity index (χ3n) is 5.24. The van der Waals surface area contributed by atoms with Crippen LogP contribution in [0.2, 0.25) is 5.82 Å². The largest absolute Gasteiger partial charge is 0.469 e. The van der Waals surface area contributed by atoms with Gasteiger partial charge in [-0.25, -0.2) is 0 Å². The van der Waals surface area contributed by atoms with Crippen molar-refractivity contribution in [3.8, 4) is 0 Å². The first kappa shape index (κ1) is 21.4. The zero-order valence-corrected chi connectivity index (χ0v) is 16.9. The van der Waals surface area contributed by atoms with E-state index in [2.05, 4.69) is 5.32 Å². The summed E-state index contributed by atoms with van der Waals surface area (Å²) in [5, 5.41) is 11.9. The quantitative estimate of drug-likeness (QED) is 0.566. The predicted octanol–water partition coefficient (Wildman–Crippen LogP) is 3.72. The molecule has 1 atom stereocenters. The van der Waals surface area contributed by atoms with Gasteiger partial charge in [-0.3, -0.25) is 4.79 Å². The highest BCUT2D eigenvalue weighted by atomic mass is 16.7. The molecular weight excluding hydrogens is 341 g/mol. The molecule has 1 fully saturated rings. The topological polar surface area (TPSA) is 67.8 Å². The number of nitrogens with one attached hydrogen (secondary N) is 1. The Morgan fingerprint density at radius 3 is 2.33 bits per heavy atom. The fraction of sp³-hybridized carbons (Fsp3) is 0.476. The second kappa shape index (κ2) is 8.87. The van der Waals surface area contributed by atoms with Crippen molar-refractivity contribution >= 4 is 13.0 Å². The maximum absolute atomic E-state index is 12.2. The van der Waals surface area contributed by atoms with Gasteiger partial charge in [-0.1, -0.05) is 35.9 Å². The van der Waals surface area contributed by atoms with E-state index in [0.717, 1.165) is 5.57 Å². The van der Waals surface area contributed by atoms with Crippen LogP contribution in [-0.2, 0) is 9.31 Å². The monoisotopic (exact) mass is 371 g/mol. The molecule has 2 N–H and O–H groups in total. The lowest BCUT2D eigenvalue weighted by atomic mass is 9.67. The van der Waals surface area contributed by atoms with Crippen molar-refractivity contribution in [1.29, 1.82) is 0 Å². The zero-order valence-electron chi connectivity index (χ0n) is 16.9. The minimum absolute atomic E-state index is 0.0852. The minimum atomic E-state index is -0.463. The van der Waals surface area contributed by atoms with E-state index in [1.54, 1.807) is 18.3 Å². The number of amides is 1. The molecule has 5 nitrogen and oxygen atoms in total. The van der Waals surface area contributed by atoms with Gasteiger partial charge >= 0.3 is 7.12 Å². The lowest BCUT2D eigenvalue weighted by Crippen LogP contribution is -2.41. The van der Waals surface area contributed by atoms with Crippen LogP contribution in [0.3, 0.4) is 0 Å². The summed E-state index contributed by atoms with van der Waals surface area (Å²) in [5.74, 6) is -0.342. The number of carbonyl (C=O) groups excluding carboxylic acids is 1. The van der Waals surface area contributed by atoms with Crippen molar-refractivity contribution in [2.75, 3.05) is 6.61 Å². The predicted molar refractivity (Wildman–Crippen MR) is 108 cm³/mol. The normalized spacial score (nSPS) is 20.1. The lowest BCUT2D eigenvalue weighted by Gasteiger charge is -2.32. The Balaban J connectivity index is 2.15. The van der Waals surface area contributed by atoms with Crippen LogP contribution in [0.1, 0.15) is 51.4 Å². The second-order valence-electron chi connectivity index (χ2n) is 7.81. The first-order chi connectivity index (χ1) is 12.7. The van der Waals surface area contributed by atoms with Gasteiger partial charge in [0.1, 0.15) is 0 Å². The molecule has 6 heteroatoms. The Morgan fingerprint density at radius 2 is 1.78 bits per heavy atom. The Bertz CT molecular complexity index is 681. The molecule has 27 heavy (non-hydrogen) atoms. The number of aliphatic hydroxyl groups is 1. The number of hydrogen-bond acceptors (Lipinski definition) is 4. The average Bonchev–Trinajstić information content (AvgIpc) is 2.84. The highest BCUT2D eigenvalue weighted by Crippen LogP contribution is 2.42. The molecule has 1 aliphatic heterocycles. The molecule has 2 rings (SSSR count). The van der Waals surface area contributed by atoms with Crippen LogP contribution in [-0.4, -0.2) is 35.9 Å². The highest BCUT2D eigenvalue weighted by molar-refractivity contribution is 6.49. The number of allylic oxidation sites excluding steroid dienone is 2. The van der Waals surface area contributed by atoms with Gasteiger partial charge in [0.15, 0.2) is 0 Å². The summed E-state index contributed by atoms with van der Waals surface area (Å²) >= 11 is 0. The number of hydrogen-bond donors (Lipinski definition) is 2. The summed E-state index contributed by atoms with van der Waals surface area (Å²) in [4.78, 5) is 12.2. The Hall–Kier alpha value is -1.89. The number of benzene rings is 1. The van der Waals surface area contributed by atoms with E-state index in [-0.39, 0.29) is 18.3 Å². The van der Waals surface area contributed by atoms with Gasteiger partial charge < -0.3 is 19.7 Å². The molecule has 0 spiro atoms. The van der Waals surface area contributed by atoms with Crippen LogP contribution in [0, 0.1) is 0 Å². The third kappa shape index (κ3) is 5.31. The number of carbonyl (C=O) groups is 1. The highest BCUT2D eigenvalue weighted by Gasteiger charge is 2.53. The SMILES string of the molecule is C/C(=C\CCO)C(/C=C/NC(=O)c1ccccc1)B1OC(C)(C)C(C)(C)O1. The fourth-order valence-electron chi connectivity index (χ4n) is 2.82. The molecule has 0 aromatic heterocycles. The zero-order chi connectivity index (χ0) is 20.1.